The van der Waals surface area contributed by atoms with E-state index >= 15 is 0 Å². The summed E-state index contributed by atoms with van der Waals surface area (Å²) in [6.45, 7) is 3.01. The predicted molar refractivity (Wildman–Crippen MR) is 58.3 cm³/mol. The lowest BCUT2D eigenvalue weighted by Crippen LogP contribution is -2.09. The topological polar surface area (TPSA) is 61.2 Å². The summed E-state index contributed by atoms with van der Waals surface area (Å²) in [6.07, 6.45) is 3.37. The summed E-state index contributed by atoms with van der Waals surface area (Å²) >= 11 is 0. The van der Waals surface area contributed by atoms with Gasteiger partial charge in [0, 0.05) is 26.3 Å². The minimum absolute atomic E-state index is 0.0707. The van der Waals surface area contributed by atoms with Crippen molar-refractivity contribution < 1.29 is 14.3 Å². The third-order valence-corrected chi connectivity index (χ3v) is 2.22. The van der Waals surface area contributed by atoms with Crippen molar-refractivity contribution in [1.82, 2.24) is 9.78 Å². The Kier molecular flexibility index (Phi) is 4.85. The maximum atomic E-state index is 11.6. The number of ether oxygens (including phenoxy) is 1. The van der Waals surface area contributed by atoms with Crippen LogP contribution in [0.3, 0.4) is 0 Å². The van der Waals surface area contributed by atoms with Gasteiger partial charge in [-0.3, -0.25) is 14.3 Å². The standard InChI is InChI=1S/C11H16N2O3/c1-3-13-8-9(7-12-13)11(15)6-10(14)4-5-16-2/h7-8H,3-6H2,1-2H3. The van der Waals surface area contributed by atoms with Crippen molar-refractivity contribution in [2.75, 3.05) is 13.7 Å². The van der Waals surface area contributed by atoms with Crippen LogP contribution in [0.25, 0.3) is 0 Å². The first-order valence-corrected chi connectivity index (χ1v) is 5.23. The molecule has 0 fully saturated rings. The number of nitrogens with zero attached hydrogens (tertiary/aromatic N) is 2. The molecule has 0 N–H and O–H groups in total. The van der Waals surface area contributed by atoms with Crippen LogP contribution in [-0.4, -0.2) is 35.1 Å². The van der Waals surface area contributed by atoms with Gasteiger partial charge in [-0.2, -0.15) is 5.10 Å². The Morgan fingerprint density at radius 3 is 2.81 bits per heavy atom. The number of aromatic nitrogens is 2. The maximum Gasteiger partial charge on any atom is 0.173 e. The summed E-state index contributed by atoms with van der Waals surface area (Å²) in [6, 6.07) is 0. The zero-order valence-electron chi connectivity index (χ0n) is 9.60. The lowest BCUT2D eigenvalue weighted by atomic mass is 10.1. The zero-order valence-corrected chi connectivity index (χ0v) is 9.60. The molecule has 0 radical (unpaired) electrons. The van der Waals surface area contributed by atoms with Gasteiger partial charge in [0.2, 0.25) is 0 Å². The van der Waals surface area contributed by atoms with Crippen LogP contribution < -0.4 is 0 Å². The summed E-state index contributed by atoms with van der Waals surface area (Å²) in [5.41, 5.74) is 0.493. The molecule has 0 aliphatic rings. The third kappa shape index (κ3) is 3.58. The van der Waals surface area contributed by atoms with Gasteiger partial charge in [-0.1, -0.05) is 0 Å². The number of methoxy groups -OCH3 is 1. The molecule has 1 rings (SSSR count). The van der Waals surface area contributed by atoms with Gasteiger partial charge in [0.1, 0.15) is 5.78 Å². The number of aryl methyl sites for hydroxylation is 1. The van der Waals surface area contributed by atoms with Crippen molar-refractivity contribution in [3.63, 3.8) is 0 Å². The van der Waals surface area contributed by atoms with Crippen LogP contribution in [-0.2, 0) is 16.1 Å². The Balaban J connectivity index is 2.48. The number of Topliss-reactive ketones (excluding diaryl/α,β-unsaturated/α-hetero) is 2. The van der Waals surface area contributed by atoms with Crippen molar-refractivity contribution in [3.05, 3.63) is 18.0 Å². The molecule has 1 heterocycles. The van der Waals surface area contributed by atoms with E-state index in [2.05, 4.69) is 5.10 Å². The molecule has 0 spiro atoms. The Labute approximate surface area is 94.4 Å². The second-order valence-electron chi connectivity index (χ2n) is 3.47. The minimum atomic E-state index is -0.180. The summed E-state index contributed by atoms with van der Waals surface area (Å²) in [4.78, 5) is 23.0. The lowest BCUT2D eigenvalue weighted by Gasteiger charge is -1.98. The first kappa shape index (κ1) is 12.6. The van der Waals surface area contributed by atoms with E-state index in [-0.39, 0.29) is 24.4 Å². The third-order valence-electron chi connectivity index (χ3n) is 2.22. The van der Waals surface area contributed by atoms with E-state index in [1.165, 1.54) is 13.3 Å². The Morgan fingerprint density at radius 1 is 1.50 bits per heavy atom. The first-order valence-electron chi connectivity index (χ1n) is 5.23. The fraction of sp³-hybridized carbons (Fsp3) is 0.545. The number of hydrogen-bond acceptors (Lipinski definition) is 4. The average Bonchev–Trinajstić information content (AvgIpc) is 2.74. The molecule has 5 nitrogen and oxygen atoms in total. The summed E-state index contributed by atoms with van der Waals surface area (Å²) < 4.78 is 6.43. The molecule has 88 valence electrons. The van der Waals surface area contributed by atoms with Crippen LogP contribution in [0, 0.1) is 0 Å². The quantitative estimate of drug-likeness (QED) is 0.513. The van der Waals surface area contributed by atoms with Crippen LogP contribution >= 0.6 is 0 Å². The number of ketones is 2. The van der Waals surface area contributed by atoms with Gasteiger partial charge in [-0.05, 0) is 6.92 Å². The molecule has 5 heteroatoms. The summed E-state index contributed by atoms with van der Waals surface area (Å²) in [7, 11) is 1.53. The van der Waals surface area contributed by atoms with E-state index in [4.69, 9.17) is 4.74 Å². The molecule has 0 unspecified atom stereocenters. The lowest BCUT2D eigenvalue weighted by molar-refractivity contribution is -0.119. The molecular formula is C11H16N2O3. The zero-order chi connectivity index (χ0) is 12.0. The second-order valence-corrected chi connectivity index (χ2v) is 3.47. The molecule has 0 aromatic carbocycles. The van der Waals surface area contributed by atoms with Crippen molar-refractivity contribution >= 4 is 11.6 Å². The number of hydrogen-bond donors (Lipinski definition) is 0. The SMILES string of the molecule is CCn1cc(C(=O)CC(=O)CCOC)cn1. The minimum Gasteiger partial charge on any atom is -0.384 e. The van der Waals surface area contributed by atoms with Crippen molar-refractivity contribution in [1.29, 1.82) is 0 Å². The summed E-state index contributed by atoms with van der Waals surface area (Å²) in [5, 5.41) is 3.99. The molecule has 0 aliphatic carbocycles. The van der Waals surface area contributed by atoms with Crippen molar-refractivity contribution in [3.8, 4) is 0 Å². The van der Waals surface area contributed by atoms with E-state index in [9.17, 15) is 9.59 Å². The predicted octanol–water partition coefficient (Wildman–Crippen LogP) is 1.08. The molecule has 0 bridgehead atoms. The first-order chi connectivity index (χ1) is 7.67. The van der Waals surface area contributed by atoms with E-state index in [0.29, 0.717) is 18.7 Å². The molecule has 1 aromatic heterocycles. The highest BCUT2D eigenvalue weighted by Crippen LogP contribution is 2.04. The van der Waals surface area contributed by atoms with E-state index < -0.39 is 0 Å². The number of carbonyl (C=O) groups excluding carboxylic acids is 2. The van der Waals surface area contributed by atoms with E-state index in [1.54, 1.807) is 10.9 Å². The molecule has 1 aromatic rings. The van der Waals surface area contributed by atoms with Crippen molar-refractivity contribution in [2.45, 2.75) is 26.3 Å². The van der Waals surface area contributed by atoms with Gasteiger partial charge in [0.05, 0.1) is 24.8 Å². The van der Waals surface area contributed by atoms with Crippen molar-refractivity contribution in [2.24, 2.45) is 0 Å². The van der Waals surface area contributed by atoms with Crippen LogP contribution in [0.1, 0.15) is 30.1 Å². The number of carbonyl (C=O) groups is 2. The van der Waals surface area contributed by atoms with Gasteiger partial charge in [0.15, 0.2) is 5.78 Å². The van der Waals surface area contributed by atoms with Gasteiger partial charge >= 0.3 is 0 Å². The molecule has 0 aliphatic heterocycles. The Morgan fingerprint density at radius 2 is 2.25 bits per heavy atom. The van der Waals surface area contributed by atoms with Gasteiger partial charge in [-0.15, -0.1) is 0 Å². The van der Waals surface area contributed by atoms with Crippen LogP contribution in [0.4, 0.5) is 0 Å². The highest BCUT2D eigenvalue weighted by molar-refractivity contribution is 6.07. The van der Waals surface area contributed by atoms with Gasteiger partial charge in [0.25, 0.3) is 0 Å². The second kappa shape index (κ2) is 6.17. The van der Waals surface area contributed by atoms with E-state index in [1.807, 2.05) is 6.92 Å². The van der Waals surface area contributed by atoms with Crippen LogP contribution in [0.5, 0.6) is 0 Å². The highest BCUT2D eigenvalue weighted by Gasteiger charge is 2.13. The van der Waals surface area contributed by atoms with E-state index in [0.717, 1.165) is 0 Å². The van der Waals surface area contributed by atoms with Crippen LogP contribution in [0.15, 0.2) is 12.4 Å². The molecule has 16 heavy (non-hydrogen) atoms. The molecule has 0 saturated carbocycles. The highest BCUT2D eigenvalue weighted by atomic mass is 16.5. The fourth-order valence-electron chi connectivity index (χ4n) is 1.27. The van der Waals surface area contributed by atoms with Gasteiger partial charge < -0.3 is 4.74 Å². The average molecular weight is 224 g/mol. The van der Waals surface area contributed by atoms with Crippen LogP contribution in [0.2, 0.25) is 0 Å². The summed E-state index contributed by atoms with van der Waals surface area (Å²) in [5.74, 6) is -0.281. The largest absolute Gasteiger partial charge is 0.384 e. The molecular weight excluding hydrogens is 208 g/mol. The molecule has 0 saturated heterocycles. The number of rotatable bonds is 7. The molecule has 0 amide bonds. The smallest absolute Gasteiger partial charge is 0.173 e. The monoisotopic (exact) mass is 224 g/mol. The Bertz CT molecular complexity index is 371. The molecule has 0 atom stereocenters. The Hall–Kier alpha value is -1.49. The normalized spacial score (nSPS) is 10.4. The fourth-order valence-corrected chi connectivity index (χ4v) is 1.27. The van der Waals surface area contributed by atoms with Gasteiger partial charge in [-0.25, -0.2) is 0 Å². The maximum absolute atomic E-state index is 11.6.